The van der Waals surface area contributed by atoms with Crippen LogP contribution in [-0.2, 0) is 30.4 Å². The van der Waals surface area contributed by atoms with Crippen LogP contribution in [0, 0.1) is 0 Å². The molecule has 1 aliphatic heterocycles. The van der Waals surface area contributed by atoms with Crippen molar-refractivity contribution >= 4 is 18.0 Å². The van der Waals surface area contributed by atoms with Crippen LogP contribution in [0.4, 0.5) is 4.79 Å². The van der Waals surface area contributed by atoms with E-state index < -0.39 is 30.2 Å². The minimum Gasteiger partial charge on any atom is -0.464 e. The van der Waals surface area contributed by atoms with Crippen LogP contribution in [0.3, 0.4) is 0 Å². The van der Waals surface area contributed by atoms with E-state index >= 15 is 0 Å². The van der Waals surface area contributed by atoms with E-state index in [1.165, 1.54) is 11.8 Å². The Hall–Kier alpha value is -2.57. The van der Waals surface area contributed by atoms with Crippen molar-refractivity contribution < 1.29 is 28.6 Å². The fourth-order valence-corrected chi connectivity index (χ4v) is 2.58. The molecule has 1 unspecified atom stereocenters. The first kappa shape index (κ1) is 17.8. The zero-order chi connectivity index (χ0) is 17.5. The molecule has 7 nitrogen and oxygen atoms in total. The van der Waals surface area contributed by atoms with Crippen LogP contribution in [0.1, 0.15) is 25.8 Å². The molecule has 2 atom stereocenters. The molecule has 1 saturated heterocycles. The average molecular weight is 335 g/mol. The zero-order valence-corrected chi connectivity index (χ0v) is 13.8. The molecule has 130 valence electrons. The Morgan fingerprint density at radius 3 is 2.50 bits per heavy atom. The lowest BCUT2D eigenvalue weighted by atomic mass is 10.2. The van der Waals surface area contributed by atoms with E-state index in [4.69, 9.17) is 14.2 Å². The van der Waals surface area contributed by atoms with Gasteiger partial charge in [0.05, 0.1) is 13.2 Å². The molecule has 0 aromatic heterocycles. The molecule has 1 aromatic carbocycles. The number of nitrogens with zero attached hydrogens (tertiary/aromatic N) is 1. The van der Waals surface area contributed by atoms with Crippen LogP contribution >= 0.6 is 0 Å². The number of carbonyl (C=O) groups is 3. The quantitative estimate of drug-likeness (QED) is 0.604. The second kappa shape index (κ2) is 8.33. The van der Waals surface area contributed by atoms with Crippen LogP contribution in [0.25, 0.3) is 0 Å². The molecule has 7 heteroatoms. The van der Waals surface area contributed by atoms with Gasteiger partial charge in [-0.25, -0.2) is 9.59 Å². The summed E-state index contributed by atoms with van der Waals surface area (Å²) in [6, 6.07) is 8.42. The number of ether oxygens (including phenoxy) is 3. The minimum atomic E-state index is -0.808. The van der Waals surface area contributed by atoms with Crippen molar-refractivity contribution in [1.82, 2.24) is 4.90 Å². The van der Waals surface area contributed by atoms with Crippen molar-refractivity contribution in [3.63, 3.8) is 0 Å². The van der Waals surface area contributed by atoms with E-state index in [2.05, 4.69) is 0 Å². The van der Waals surface area contributed by atoms with Crippen LogP contribution in [0.15, 0.2) is 30.3 Å². The highest BCUT2D eigenvalue weighted by atomic mass is 16.6. The van der Waals surface area contributed by atoms with Crippen LogP contribution < -0.4 is 0 Å². The summed E-state index contributed by atoms with van der Waals surface area (Å²) in [7, 11) is 0. The topological polar surface area (TPSA) is 82.1 Å². The van der Waals surface area contributed by atoms with Gasteiger partial charge >= 0.3 is 18.0 Å². The number of benzene rings is 1. The normalized spacial score (nSPS) is 19.7. The maximum Gasteiger partial charge on any atom is 0.410 e. The standard InChI is InChI=1S/C17H21NO6/c1-3-22-16(20)15-9-14(24-12(2)19)10-18(15)17(21)23-11-13-7-5-4-6-8-13/h4-8,14-15H,3,9-11H2,1-2H3/t14?,15-/m1/s1. The van der Waals surface area contributed by atoms with E-state index in [1.807, 2.05) is 30.3 Å². The molecule has 1 fully saturated rings. The van der Waals surface area contributed by atoms with Crippen molar-refractivity contribution in [3.8, 4) is 0 Å². The fourth-order valence-electron chi connectivity index (χ4n) is 2.58. The van der Waals surface area contributed by atoms with E-state index in [1.54, 1.807) is 6.92 Å². The molecule has 1 aromatic rings. The van der Waals surface area contributed by atoms with Crippen molar-refractivity contribution in [1.29, 1.82) is 0 Å². The summed E-state index contributed by atoms with van der Waals surface area (Å²) in [6.45, 7) is 3.39. The number of esters is 2. The lowest BCUT2D eigenvalue weighted by molar-refractivity contribution is -0.149. The summed E-state index contributed by atoms with van der Waals surface area (Å²) < 4.78 is 15.4. The van der Waals surface area contributed by atoms with E-state index in [0.717, 1.165) is 5.56 Å². The molecular weight excluding hydrogens is 314 g/mol. The Labute approximate surface area is 140 Å². The Bertz CT molecular complexity index is 588. The molecule has 0 bridgehead atoms. The number of hydrogen-bond acceptors (Lipinski definition) is 6. The summed E-state index contributed by atoms with van der Waals surface area (Å²) in [5.74, 6) is -0.981. The van der Waals surface area contributed by atoms with Gasteiger partial charge in [0, 0.05) is 13.3 Å². The van der Waals surface area contributed by atoms with E-state index in [0.29, 0.717) is 0 Å². The Balaban J connectivity index is 2.01. The molecule has 0 saturated carbocycles. The second-order valence-electron chi connectivity index (χ2n) is 5.43. The number of rotatable bonds is 5. The molecular formula is C17H21NO6. The number of likely N-dealkylation sites (tertiary alicyclic amines) is 1. The second-order valence-corrected chi connectivity index (χ2v) is 5.43. The van der Waals surface area contributed by atoms with Gasteiger partial charge in [-0.2, -0.15) is 0 Å². The maximum absolute atomic E-state index is 12.3. The van der Waals surface area contributed by atoms with Gasteiger partial charge in [-0.15, -0.1) is 0 Å². The molecule has 1 heterocycles. The average Bonchev–Trinajstić information content (AvgIpc) is 2.97. The van der Waals surface area contributed by atoms with Gasteiger partial charge in [0.25, 0.3) is 0 Å². The summed E-state index contributed by atoms with van der Waals surface area (Å²) in [5.41, 5.74) is 0.842. The van der Waals surface area contributed by atoms with Crippen molar-refractivity contribution in [3.05, 3.63) is 35.9 Å². The Kier molecular flexibility index (Phi) is 6.17. The third-order valence-corrected chi connectivity index (χ3v) is 3.59. The van der Waals surface area contributed by atoms with Crippen LogP contribution in [-0.4, -0.2) is 48.2 Å². The maximum atomic E-state index is 12.3. The van der Waals surface area contributed by atoms with Crippen molar-refractivity contribution in [2.75, 3.05) is 13.2 Å². The highest BCUT2D eigenvalue weighted by Crippen LogP contribution is 2.23. The Morgan fingerprint density at radius 1 is 1.17 bits per heavy atom. The van der Waals surface area contributed by atoms with Gasteiger partial charge < -0.3 is 14.2 Å². The summed E-state index contributed by atoms with van der Waals surface area (Å²) in [5, 5.41) is 0. The molecule has 1 amide bonds. The highest BCUT2D eigenvalue weighted by molar-refractivity contribution is 5.82. The predicted octanol–water partition coefficient (Wildman–Crippen LogP) is 1.89. The summed E-state index contributed by atoms with van der Waals surface area (Å²) in [4.78, 5) is 36.8. The number of carbonyl (C=O) groups excluding carboxylic acids is 3. The van der Waals surface area contributed by atoms with Gasteiger partial charge in [-0.3, -0.25) is 9.69 Å². The zero-order valence-electron chi connectivity index (χ0n) is 13.8. The number of hydrogen-bond donors (Lipinski definition) is 0. The summed E-state index contributed by atoms with van der Waals surface area (Å²) >= 11 is 0. The lowest BCUT2D eigenvalue weighted by Gasteiger charge is -2.22. The molecule has 24 heavy (non-hydrogen) atoms. The molecule has 0 aliphatic carbocycles. The van der Waals surface area contributed by atoms with Gasteiger partial charge in [-0.1, -0.05) is 30.3 Å². The van der Waals surface area contributed by atoms with E-state index in [9.17, 15) is 14.4 Å². The smallest absolute Gasteiger partial charge is 0.410 e. The Morgan fingerprint density at radius 2 is 1.88 bits per heavy atom. The third kappa shape index (κ3) is 4.71. The van der Waals surface area contributed by atoms with Crippen LogP contribution in [0.2, 0.25) is 0 Å². The van der Waals surface area contributed by atoms with Gasteiger partial charge in [0.1, 0.15) is 18.8 Å². The lowest BCUT2D eigenvalue weighted by Crippen LogP contribution is -2.41. The van der Waals surface area contributed by atoms with E-state index in [-0.39, 0.29) is 26.2 Å². The largest absolute Gasteiger partial charge is 0.464 e. The van der Waals surface area contributed by atoms with Crippen LogP contribution in [0.5, 0.6) is 0 Å². The highest BCUT2D eigenvalue weighted by Gasteiger charge is 2.42. The first-order valence-electron chi connectivity index (χ1n) is 7.82. The number of amides is 1. The van der Waals surface area contributed by atoms with Gasteiger partial charge in [-0.05, 0) is 12.5 Å². The first-order chi connectivity index (χ1) is 11.5. The van der Waals surface area contributed by atoms with Crippen molar-refractivity contribution in [2.24, 2.45) is 0 Å². The van der Waals surface area contributed by atoms with Crippen molar-refractivity contribution in [2.45, 2.75) is 39.0 Å². The third-order valence-electron chi connectivity index (χ3n) is 3.59. The van der Waals surface area contributed by atoms with Gasteiger partial charge in [0.2, 0.25) is 0 Å². The molecule has 0 radical (unpaired) electrons. The monoisotopic (exact) mass is 335 g/mol. The van der Waals surface area contributed by atoms with Gasteiger partial charge in [0.15, 0.2) is 0 Å². The SMILES string of the molecule is CCOC(=O)[C@H]1CC(OC(C)=O)CN1C(=O)OCc1ccccc1. The predicted molar refractivity (Wildman–Crippen MR) is 83.9 cm³/mol. The molecule has 2 rings (SSSR count). The molecule has 1 aliphatic rings. The first-order valence-corrected chi connectivity index (χ1v) is 7.82. The summed E-state index contributed by atoms with van der Waals surface area (Å²) in [6.07, 6.45) is -0.966. The minimum absolute atomic E-state index is 0.101. The molecule has 0 N–H and O–H groups in total. The fraction of sp³-hybridized carbons (Fsp3) is 0.471. The molecule has 0 spiro atoms.